The molecule has 6 heteroatoms. The van der Waals surface area contributed by atoms with Crippen LogP contribution in [0.2, 0.25) is 0 Å². The number of aliphatic imine (C=N–C) groups is 1. The molecular formula is C23H31IN4O. The first-order valence-corrected chi connectivity index (χ1v) is 10.1. The number of benzene rings is 2. The minimum Gasteiger partial charge on any atom is -0.356 e. The van der Waals surface area contributed by atoms with Gasteiger partial charge in [-0.1, -0.05) is 60.7 Å². The number of hydrogen-bond donors (Lipinski definition) is 3. The van der Waals surface area contributed by atoms with Gasteiger partial charge in [-0.05, 0) is 30.4 Å². The number of carbonyl (C=O) groups is 1. The van der Waals surface area contributed by atoms with E-state index in [9.17, 15) is 4.79 Å². The number of hydrogen-bond acceptors (Lipinski definition) is 2. The van der Waals surface area contributed by atoms with Crippen LogP contribution in [0, 0.1) is 0 Å². The Morgan fingerprint density at radius 1 is 1.00 bits per heavy atom. The smallest absolute Gasteiger partial charge is 0.220 e. The molecule has 0 radical (unpaired) electrons. The van der Waals surface area contributed by atoms with Gasteiger partial charge in [0.2, 0.25) is 5.91 Å². The first kappa shape index (κ1) is 23.2. The maximum Gasteiger partial charge on any atom is 0.220 e. The van der Waals surface area contributed by atoms with Crippen LogP contribution in [0.15, 0.2) is 65.7 Å². The molecule has 29 heavy (non-hydrogen) atoms. The molecule has 0 heterocycles. The van der Waals surface area contributed by atoms with E-state index >= 15 is 0 Å². The molecule has 0 aromatic heterocycles. The van der Waals surface area contributed by atoms with Gasteiger partial charge in [-0.15, -0.1) is 24.0 Å². The zero-order valence-corrected chi connectivity index (χ0v) is 19.3. The first-order chi connectivity index (χ1) is 13.8. The van der Waals surface area contributed by atoms with Crippen LogP contribution in [0.5, 0.6) is 0 Å². The van der Waals surface area contributed by atoms with Gasteiger partial charge in [0.15, 0.2) is 5.96 Å². The van der Waals surface area contributed by atoms with Crippen LogP contribution in [-0.2, 0) is 4.79 Å². The minimum atomic E-state index is 0. The normalized spacial score (nSPS) is 13.5. The molecule has 1 amide bonds. The van der Waals surface area contributed by atoms with Crippen LogP contribution in [0.3, 0.4) is 0 Å². The summed E-state index contributed by atoms with van der Waals surface area (Å²) >= 11 is 0. The topological polar surface area (TPSA) is 65.5 Å². The number of guanidine groups is 1. The molecule has 2 aromatic rings. The molecular weight excluding hydrogens is 475 g/mol. The summed E-state index contributed by atoms with van der Waals surface area (Å²) in [5.41, 5.74) is 2.54. The second-order valence-electron chi connectivity index (χ2n) is 7.20. The lowest BCUT2D eigenvalue weighted by Crippen LogP contribution is -2.40. The summed E-state index contributed by atoms with van der Waals surface area (Å²) in [7, 11) is 1.77. The lowest BCUT2D eigenvalue weighted by atomic mass is 9.91. The third-order valence-electron chi connectivity index (χ3n) is 4.92. The highest BCUT2D eigenvalue weighted by atomic mass is 127. The highest BCUT2D eigenvalue weighted by Gasteiger charge is 2.22. The largest absolute Gasteiger partial charge is 0.356 e. The molecule has 0 bridgehead atoms. The Morgan fingerprint density at radius 3 is 2.10 bits per heavy atom. The summed E-state index contributed by atoms with van der Waals surface area (Å²) in [6.07, 6.45) is 3.60. The molecule has 3 rings (SSSR count). The summed E-state index contributed by atoms with van der Waals surface area (Å²) < 4.78 is 0. The molecule has 0 spiro atoms. The summed E-state index contributed by atoms with van der Waals surface area (Å²) in [6.45, 7) is 1.47. The molecule has 1 fully saturated rings. The van der Waals surface area contributed by atoms with Crippen LogP contribution in [0.1, 0.15) is 42.7 Å². The quantitative estimate of drug-likeness (QED) is 0.211. The zero-order chi connectivity index (χ0) is 19.6. The van der Waals surface area contributed by atoms with Crippen molar-refractivity contribution in [2.75, 3.05) is 20.1 Å². The van der Waals surface area contributed by atoms with Gasteiger partial charge >= 0.3 is 0 Å². The standard InChI is InChI=1S/C23H30N4O.HI/c1-24-23(25-16-8-13-22(28)27-20-14-15-20)26-17-21(18-9-4-2-5-10-18)19-11-6-3-7-12-19;/h2-7,9-12,20-21H,8,13-17H2,1H3,(H,27,28)(H2,24,25,26);1H. The van der Waals surface area contributed by atoms with Crippen LogP contribution in [0.25, 0.3) is 0 Å². The number of nitrogens with one attached hydrogen (secondary N) is 3. The molecule has 0 saturated heterocycles. The SMILES string of the molecule is CN=C(NCCCC(=O)NC1CC1)NCC(c1ccccc1)c1ccccc1.I. The lowest BCUT2D eigenvalue weighted by molar-refractivity contribution is -0.121. The van der Waals surface area contributed by atoms with Crippen molar-refractivity contribution in [2.45, 2.75) is 37.6 Å². The molecule has 2 aromatic carbocycles. The van der Waals surface area contributed by atoms with Gasteiger partial charge < -0.3 is 16.0 Å². The molecule has 5 nitrogen and oxygen atoms in total. The molecule has 156 valence electrons. The zero-order valence-electron chi connectivity index (χ0n) is 16.9. The fourth-order valence-corrected chi connectivity index (χ4v) is 3.20. The van der Waals surface area contributed by atoms with Crippen molar-refractivity contribution < 1.29 is 4.79 Å². The summed E-state index contributed by atoms with van der Waals surface area (Å²) in [6, 6.07) is 21.5. The predicted molar refractivity (Wildman–Crippen MR) is 130 cm³/mol. The van der Waals surface area contributed by atoms with Crippen LogP contribution < -0.4 is 16.0 Å². The fourth-order valence-electron chi connectivity index (χ4n) is 3.20. The van der Waals surface area contributed by atoms with Crippen molar-refractivity contribution >= 4 is 35.8 Å². The Kier molecular flexibility index (Phi) is 9.97. The maximum absolute atomic E-state index is 11.8. The van der Waals surface area contributed by atoms with E-state index < -0.39 is 0 Å². The molecule has 1 saturated carbocycles. The van der Waals surface area contributed by atoms with Crippen LogP contribution in [0.4, 0.5) is 0 Å². The van der Waals surface area contributed by atoms with E-state index in [1.54, 1.807) is 7.05 Å². The molecule has 0 atom stereocenters. The van der Waals surface area contributed by atoms with E-state index in [1.807, 2.05) is 12.1 Å². The second kappa shape index (κ2) is 12.5. The van der Waals surface area contributed by atoms with Crippen molar-refractivity contribution in [1.82, 2.24) is 16.0 Å². The Hall–Kier alpha value is -2.09. The van der Waals surface area contributed by atoms with Gasteiger partial charge in [-0.3, -0.25) is 9.79 Å². The number of amides is 1. The van der Waals surface area contributed by atoms with Crippen molar-refractivity contribution in [3.05, 3.63) is 71.8 Å². The van der Waals surface area contributed by atoms with E-state index in [0.29, 0.717) is 12.5 Å². The van der Waals surface area contributed by atoms with Crippen molar-refractivity contribution in [2.24, 2.45) is 4.99 Å². The van der Waals surface area contributed by atoms with E-state index in [2.05, 4.69) is 69.5 Å². The van der Waals surface area contributed by atoms with E-state index in [4.69, 9.17) is 0 Å². The van der Waals surface area contributed by atoms with E-state index in [1.165, 1.54) is 11.1 Å². The third-order valence-corrected chi connectivity index (χ3v) is 4.92. The molecule has 0 unspecified atom stereocenters. The molecule has 0 aliphatic heterocycles. The van der Waals surface area contributed by atoms with E-state index in [0.717, 1.165) is 38.3 Å². The molecule has 3 N–H and O–H groups in total. The number of halogens is 1. The lowest BCUT2D eigenvalue weighted by Gasteiger charge is -2.20. The van der Waals surface area contributed by atoms with Gasteiger partial charge in [-0.25, -0.2) is 0 Å². The summed E-state index contributed by atoms with van der Waals surface area (Å²) in [5, 5.41) is 9.77. The second-order valence-corrected chi connectivity index (χ2v) is 7.20. The molecule has 1 aliphatic carbocycles. The minimum absolute atomic E-state index is 0. The summed E-state index contributed by atoms with van der Waals surface area (Å²) in [4.78, 5) is 16.1. The van der Waals surface area contributed by atoms with Crippen molar-refractivity contribution in [3.63, 3.8) is 0 Å². The van der Waals surface area contributed by atoms with Gasteiger partial charge in [0.25, 0.3) is 0 Å². The number of carbonyl (C=O) groups excluding carboxylic acids is 1. The fraction of sp³-hybridized carbons (Fsp3) is 0.391. The highest BCUT2D eigenvalue weighted by Crippen LogP contribution is 2.23. The van der Waals surface area contributed by atoms with Crippen molar-refractivity contribution in [1.29, 1.82) is 0 Å². The van der Waals surface area contributed by atoms with Gasteiger partial charge in [-0.2, -0.15) is 0 Å². The van der Waals surface area contributed by atoms with Crippen LogP contribution >= 0.6 is 24.0 Å². The van der Waals surface area contributed by atoms with Gasteiger partial charge in [0, 0.05) is 38.5 Å². The Bertz CT molecular complexity index is 723. The Labute approximate surface area is 190 Å². The van der Waals surface area contributed by atoms with E-state index in [-0.39, 0.29) is 35.8 Å². The van der Waals surface area contributed by atoms with Gasteiger partial charge in [0.05, 0.1) is 0 Å². The Morgan fingerprint density at radius 2 is 1.59 bits per heavy atom. The van der Waals surface area contributed by atoms with Gasteiger partial charge in [0.1, 0.15) is 0 Å². The Balaban J connectivity index is 0.00000300. The van der Waals surface area contributed by atoms with Crippen LogP contribution in [-0.4, -0.2) is 38.0 Å². The molecule has 1 aliphatic rings. The average Bonchev–Trinajstić information content (AvgIpc) is 3.55. The van der Waals surface area contributed by atoms with Crippen molar-refractivity contribution in [3.8, 4) is 0 Å². The third kappa shape index (κ3) is 8.04. The maximum atomic E-state index is 11.8. The monoisotopic (exact) mass is 506 g/mol. The number of nitrogens with zero attached hydrogens (tertiary/aromatic N) is 1. The average molecular weight is 506 g/mol. The highest BCUT2D eigenvalue weighted by molar-refractivity contribution is 14.0. The number of rotatable bonds is 9. The first-order valence-electron chi connectivity index (χ1n) is 10.1. The summed E-state index contributed by atoms with van der Waals surface area (Å²) in [5.74, 6) is 1.16. The predicted octanol–water partition coefficient (Wildman–Crippen LogP) is 3.66.